The number of hydrogen-bond donors (Lipinski definition) is 1. The quantitative estimate of drug-likeness (QED) is 0.0381. The average Bonchev–Trinajstić information content (AvgIpc) is 3.23. The van der Waals surface area contributed by atoms with Crippen LogP contribution in [0.3, 0.4) is 0 Å². The van der Waals surface area contributed by atoms with Crippen LogP contribution in [0.1, 0.15) is 168 Å². The van der Waals surface area contributed by atoms with Crippen LogP contribution in [0.4, 0.5) is 0 Å². The van der Waals surface area contributed by atoms with E-state index < -0.39 is 12.1 Å². The van der Waals surface area contributed by atoms with Gasteiger partial charge in [-0.15, -0.1) is 0 Å². The molecule has 0 saturated heterocycles. The number of hydrogen-bond acceptors (Lipinski definition) is 5. The molecule has 1 unspecified atom stereocenters. The van der Waals surface area contributed by atoms with Gasteiger partial charge < -0.3 is 14.6 Å². The molecule has 324 valence electrons. The van der Waals surface area contributed by atoms with Gasteiger partial charge in [-0.1, -0.05) is 192 Å². The van der Waals surface area contributed by atoms with E-state index in [9.17, 15) is 14.7 Å². The molecule has 0 aromatic rings. The summed E-state index contributed by atoms with van der Waals surface area (Å²) in [6.45, 7) is 3.82. The number of unbranched alkanes of at least 4 members (excludes halogenated alkanes) is 9. The van der Waals surface area contributed by atoms with Gasteiger partial charge in [0.15, 0.2) is 6.10 Å². The highest BCUT2D eigenvalue weighted by molar-refractivity contribution is 5.70. The van der Waals surface area contributed by atoms with Crippen molar-refractivity contribution in [1.82, 2.24) is 0 Å². The summed E-state index contributed by atoms with van der Waals surface area (Å²) in [7, 11) is 0. The second kappa shape index (κ2) is 47.4. The van der Waals surface area contributed by atoms with E-state index in [2.05, 4.69) is 135 Å². The van der Waals surface area contributed by atoms with Crippen LogP contribution in [-0.4, -0.2) is 36.4 Å². The smallest absolute Gasteiger partial charge is 0.306 e. The van der Waals surface area contributed by atoms with Crippen molar-refractivity contribution >= 4 is 11.9 Å². The molecule has 1 N–H and O–H groups in total. The van der Waals surface area contributed by atoms with E-state index in [4.69, 9.17) is 9.47 Å². The van der Waals surface area contributed by atoms with E-state index in [0.29, 0.717) is 12.8 Å². The van der Waals surface area contributed by atoms with Gasteiger partial charge in [-0.2, -0.15) is 0 Å². The predicted molar refractivity (Wildman–Crippen MR) is 251 cm³/mol. The highest BCUT2D eigenvalue weighted by Crippen LogP contribution is 2.12. The van der Waals surface area contributed by atoms with E-state index in [-0.39, 0.29) is 25.6 Å². The van der Waals surface area contributed by atoms with Crippen molar-refractivity contribution < 1.29 is 24.2 Å². The minimum Gasteiger partial charge on any atom is -0.462 e. The van der Waals surface area contributed by atoms with Crippen LogP contribution in [0.25, 0.3) is 0 Å². The highest BCUT2D eigenvalue weighted by atomic mass is 16.6. The zero-order chi connectivity index (χ0) is 42.1. The molecule has 0 heterocycles. The third-order valence-corrected chi connectivity index (χ3v) is 8.95. The molecule has 0 aromatic carbocycles. The molecule has 0 fully saturated rings. The van der Waals surface area contributed by atoms with Gasteiger partial charge in [-0.25, -0.2) is 0 Å². The Hall–Kier alpha value is -3.96. The van der Waals surface area contributed by atoms with E-state index in [1.54, 1.807) is 0 Å². The lowest BCUT2D eigenvalue weighted by Gasteiger charge is -2.15. The first kappa shape index (κ1) is 54.0. The second-order valence-electron chi connectivity index (χ2n) is 14.4. The normalized spacial score (nSPS) is 13.5. The molecule has 0 bridgehead atoms. The number of esters is 2. The fourth-order valence-electron chi connectivity index (χ4n) is 5.61. The zero-order valence-corrected chi connectivity index (χ0v) is 36.7. The van der Waals surface area contributed by atoms with Gasteiger partial charge >= 0.3 is 11.9 Å². The minimum absolute atomic E-state index is 0.109. The molecule has 5 nitrogen and oxygen atoms in total. The van der Waals surface area contributed by atoms with Crippen molar-refractivity contribution in [2.75, 3.05) is 13.2 Å². The second-order valence-corrected chi connectivity index (χ2v) is 14.4. The lowest BCUT2D eigenvalue weighted by molar-refractivity contribution is -0.161. The van der Waals surface area contributed by atoms with E-state index in [1.807, 2.05) is 12.2 Å². The molecule has 0 aliphatic heterocycles. The van der Waals surface area contributed by atoms with Gasteiger partial charge in [0.05, 0.1) is 6.61 Å². The number of aliphatic hydroxyl groups is 1. The predicted octanol–water partition coefficient (Wildman–Crippen LogP) is 15.0. The summed E-state index contributed by atoms with van der Waals surface area (Å²) < 4.78 is 10.6. The molecule has 0 saturated carbocycles. The first-order valence-electron chi connectivity index (χ1n) is 22.7. The highest BCUT2D eigenvalue weighted by Gasteiger charge is 2.15. The SMILES string of the molecule is CC/C=C\C/C=C\C/C=C\C/C=C\C/C=C\C/C=C\CCC(=O)OC(CO)COC(=O)CCCCCCCCCCC/C=C\C/C=C\C/C=C\C/C=C\C/C=C\CC. The molecule has 5 heteroatoms. The van der Waals surface area contributed by atoms with E-state index in [0.717, 1.165) is 96.3 Å². The Bertz CT molecular complexity index is 1270. The largest absolute Gasteiger partial charge is 0.462 e. The maximum absolute atomic E-state index is 12.2. The summed E-state index contributed by atoms with van der Waals surface area (Å²) in [5.41, 5.74) is 0. The van der Waals surface area contributed by atoms with Gasteiger partial charge in [0.2, 0.25) is 0 Å². The van der Waals surface area contributed by atoms with Crippen LogP contribution in [0.5, 0.6) is 0 Å². The fraction of sp³-hybridized carbons (Fsp3) is 0.547. The van der Waals surface area contributed by atoms with Crippen molar-refractivity contribution in [2.24, 2.45) is 0 Å². The first-order chi connectivity index (χ1) is 28.6. The number of carbonyl (C=O) groups is 2. The van der Waals surface area contributed by atoms with Crippen LogP contribution in [0, 0.1) is 0 Å². The number of ether oxygens (including phenoxy) is 2. The van der Waals surface area contributed by atoms with Gasteiger partial charge in [-0.05, 0) is 96.3 Å². The maximum Gasteiger partial charge on any atom is 0.306 e. The van der Waals surface area contributed by atoms with Crippen molar-refractivity contribution in [3.05, 3.63) is 134 Å². The lowest BCUT2D eigenvalue weighted by atomic mass is 10.1. The Morgan fingerprint density at radius 1 is 0.397 bits per heavy atom. The molecule has 0 rings (SSSR count). The van der Waals surface area contributed by atoms with Crippen molar-refractivity contribution in [1.29, 1.82) is 0 Å². The Balaban J connectivity index is 3.69. The average molecular weight is 799 g/mol. The molecule has 0 amide bonds. The Morgan fingerprint density at radius 2 is 0.724 bits per heavy atom. The van der Waals surface area contributed by atoms with Crippen molar-refractivity contribution in [3.63, 3.8) is 0 Å². The van der Waals surface area contributed by atoms with Crippen LogP contribution >= 0.6 is 0 Å². The Morgan fingerprint density at radius 3 is 1.10 bits per heavy atom. The van der Waals surface area contributed by atoms with Crippen LogP contribution in [0.15, 0.2) is 134 Å². The van der Waals surface area contributed by atoms with Gasteiger partial charge in [0, 0.05) is 12.8 Å². The molecule has 0 spiro atoms. The summed E-state index contributed by atoms with van der Waals surface area (Å²) in [5.74, 6) is -0.708. The number of aliphatic hydroxyl groups excluding tert-OH is 1. The summed E-state index contributed by atoms with van der Waals surface area (Å²) >= 11 is 0. The van der Waals surface area contributed by atoms with Crippen LogP contribution in [0.2, 0.25) is 0 Å². The molecule has 58 heavy (non-hydrogen) atoms. The maximum atomic E-state index is 12.2. The topological polar surface area (TPSA) is 72.8 Å². The standard InChI is InChI=1S/C53H82O5/c1-3-5-7-9-11-13-15-17-19-21-23-24-25-26-27-28-30-31-33-35-37-39-41-43-45-47-52(55)57-50-51(49-54)58-53(56)48-46-44-42-40-38-36-34-32-29-22-20-18-16-14-12-10-8-6-4-2/h5-8,11-14,17-20,23-24,26-27,29,32,36,38,42,44,51,54H,3-4,9-10,15-16,21-22,25,28,30-31,33-35,37,39-41,43,45-50H2,1-2H3/b7-5-,8-6-,13-11-,14-12-,19-17-,20-18-,24-23-,27-26-,32-29-,38-36-,44-42-. The molecular formula is C53H82O5. The third kappa shape index (κ3) is 44.8. The summed E-state index contributed by atoms with van der Waals surface area (Å²) in [5, 5.41) is 9.59. The third-order valence-electron chi connectivity index (χ3n) is 8.95. The summed E-state index contributed by atoms with van der Waals surface area (Å²) in [6, 6.07) is 0. The minimum atomic E-state index is -0.825. The van der Waals surface area contributed by atoms with Crippen LogP contribution < -0.4 is 0 Å². The number of rotatable bonds is 39. The lowest BCUT2D eigenvalue weighted by Crippen LogP contribution is -2.28. The molecular weight excluding hydrogens is 717 g/mol. The van der Waals surface area contributed by atoms with Crippen molar-refractivity contribution in [2.45, 2.75) is 174 Å². The van der Waals surface area contributed by atoms with Crippen LogP contribution in [-0.2, 0) is 19.1 Å². The van der Waals surface area contributed by atoms with Gasteiger partial charge in [-0.3, -0.25) is 9.59 Å². The van der Waals surface area contributed by atoms with Crippen molar-refractivity contribution in [3.8, 4) is 0 Å². The van der Waals surface area contributed by atoms with Gasteiger partial charge in [0.25, 0.3) is 0 Å². The Kier molecular flexibility index (Phi) is 44.2. The molecule has 0 radical (unpaired) electrons. The van der Waals surface area contributed by atoms with Gasteiger partial charge in [0.1, 0.15) is 6.61 Å². The number of allylic oxidation sites excluding steroid dienone is 22. The van der Waals surface area contributed by atoms with E-state index >= 15 is 0 Å². The molecule has 0 aliphatic carbocycles. The molecule has 0 aliphatic rings. The van der Waals surface area contributed by atoms with E-state index in [1.165, 1.54) is 38.5 Å². The fourth-order valence-corrected chi connectivity index (χ4v) is 5.61. The number of carbonyl (C=O) groups excluding carboxylic acids is 2. The molecule has 1 atom stereocenters. The summed E-state index contributed by atoms with van der Waals surface area (Å²) in [4.78, 5) is 24.3. The zero-order valence-electron chi connectivity index (χ0n) is 36.7. The first-order valence-corrected chi connectivity index (χ1v) is 22.7. The monoisotopic (exact) mass is 799 g/mol. The summed E-state index contributed by atoms with van der Waals surface area (Å²) in [6.07, 6.45) is 71.0. The molecule has 0 aromatic heterocycles. The Labute approximate surface area is 355 Å².